The topological polar surface area (TPSA) is 41.1 Å². The molecule has 0 aliphatic heterocycles. The van der Waals surface area contributed by atoms with E-state index in [-0.39, 0.29) is 18.3 Å². The van der Waals surface area contributed by atoms with Crippen molar-refractivity contribution in [2.45, 2.75) is 20.8 Å². The van der Waals surface area contributed by atoms with E-state index in [0.29, 0.717) is 23.7 Å². The van der Waals surface area contributed by atoms with E-state index in [1.54, 1.807) is 19.1 Å². The van der Waals surface area contributed by atoms with E-state index in [1.807, 2.05) is 13.8 Å². The lowest BCUT2D eigenvalue weighted by Crippen LogP contribution is -2.32. The van der Waals surface area contributed by atoms with Crippen LogP contribution in [-0.2, 0) is 4.79 Å². The summed E-state index contributed by atoms with van der Waals surface area (Å²) in [6, 6.07) is 4.84. The van der Waals surface area contributed by atoms with E-state index in [4.69, 9.17) is 0 Å². The summed E-state index contributed by atoms with van der Waals surface area (Å²) in [5.74, 6) is 0.0769. The van der Waals surface area contributed by atoms with Crippen LogP contribution in [0.5, 0.6) is 0 Å². The third-order valence-corrected chi connectivity index (χ3v) is 2.33. The maximum Gasteiger partial charge on any atom is 0.239 e. The number of hydrogen-bond acceptors (Lipinski definition) is 2. The summed E-state index contributed by atoms with van der Waals surface area (Å²) in [5.41, 5.74) is 1.22. The van der Waals surface area contributed by atoms with Gasteiger partial charge < -0.3 is 10.6 Å². The molecule has 0 radical (unpaired) electrons. The van der Waals surface area contributed by atoms with Crippen molar-refractivity contribution < 1.29 is 9.18 Å². The molecule has 0 spiro atoms. The molecule has 0 bridgehead atoms. The Morgan fingerprint density at radius 1 is 1.41 bits per heavy atom. The molecule has 4 heteroatoms. The highest BCUT2D eigenvalue weighted by Crippen LogP contribution is 2.12. The summed E-state index contributed by atoms with van der Waals surface area (Å²) in [5, 5.41) is 5.67. The van der Waals surface area contributed by atoms with Crippen molar-refractivity contribution in [1.29, 1.82) is 0 Å². The van der Waals surface area contributed by atoms with Gasteiger partial charge in [0.05, 0.1) is 6.54 Å². The number of carbonyl (C=O) groups is 1. The minimum Gasteiger partial charge on any atom is -0.376 e. The van der Waals surface area contributed by atoms with Crippen LogP contribution in [0.4, 0.5) is 10.1 Å². The molecule has 3 nitrogen and oxygen atoms in total. The van der Waals surface area contributed by atoms with Crippen molar-refractivity contribution in [1.82, 2.24) is 5.32 Å². The number of hydrogen-bond donors (Lipinski definition) is 2. The van der Waals surface area contributed by atoms with E-state index < -0.39 is 0 Å². The van der Waals surface area contributed by atoms with Crippen LogP contribution in [0.25, 0.3) is 0 Å². The molecule has 0 saturated carbocycles. The average molecular weight is 238 g/mol. The Hall–Kier alpha value is -1.58. The molecule has 0 aliphatic carbocycles. The fraction of sp³-hybridized carbons (Fsp3) is 0.462. The van der Waals surface area contributed by atoms with Crippen molar-refractivity contribution in [3.05, 3.63) is 29.6 Å². The summed E-state index contributed by atoms with van der Waals surface area (Å²) in [6.45, 7) is 6.58. The van der Waals surface area contributed by atoms with Gasteiger partial charge in [0.1, 0.15) is 5.82 Å². The first-order valence-corrected chi connectivity index (χ1v) is 5.75. The summed E-state index contributed by atoms with van der Waals surface area (Å²) in [6.07, 6.45) is 0. The molecule has 17 heavy (non-hydrogen) atoms. The zero-order valence-corrected chi connectivity index (χ0v) is 10.5. The van der Waals surface area contributed by atoms with Crippen LogP contribution in [0.15, 0.2) is 18.2 Å². The molecule has 0 unspecified atom stereocenters. The van der Waals surface area contributed by atoms with Crippen LogP contribution in [0.2, 0.25) is 0 Å². The van der Waals surface area contributed by atoms with Crippen molar-refractivity contribution in [3.63, 3.8) is 0 Å². The first-order chi connectivity index (χ1) is 7.99. The molecule has 2 N–H and O–H groups in total. The molecule has 1 aromatic rings. The second kappa shape index (κ2) is 6.23. The first kappa shape index (κ1) is 13.5. The van der Waals surface area contributed by atoms with Gasteiger partial charge in [-0.05, 0) is 30.5 Å². The van der Waals surface area contributed by atoms with Crippen molar-refractivity contribution in [2.24, 2.45) is 5.92 Å². The van der Waals surface area contributed by atoms with E-state index in [1.165, 1.54) is 6.07 Å². The molecule has 1 rings (SSSR count). The maximum absolute atomic E-state index is 13.2. The van der Waals surface area contributed by atoms with Gasteiger partial charge in [0.2, 0.25) is 5.91 Å². The Labute approximate surface area is 101 Å². The number of amides is 1. The number of nitrogens with one attached hydrogen (secondary N) is 2. The second-order valence-corrected chi connectivity index (χ2v) is 4.52. The summed E-state index contributed by atoms with van der Waals surface area (Å²) in [4.78, 5) is 11.4. The normalized spacial score (nSPS) is 10.4. The third kappa shape index (κ3) is 4.85. The van der Waals surface area contributed by atoms with Crippen molar-refractivity contribution in [2.75, 3.05) is 18.4 Å². The Morgan fingerprint density at radius 2 is 2.12 bits per heavy atom. The molecule has 0 aromatic heterocycles. The van der Waals surface area contributed by atoms with Crippen LogP contribution in [-0.4, -0.2) is 19.0 Å². The fourth-order valence-electron chi connectivity index (χ4n) is 1.27. The standard InChI is InChI=1S/C13H19FN2O/c1-9(2)7-16-13(17)8-15-11-5-4-10(3)12(14)6-11/h4-6,9,15H,7-8H2,1-3H3,(H,16,17). The largest absolute Gasteiger partial charge is 0.376 e. The summed E-state index contributed by atoms with van der Waals surface area (Å²) >= 11 is 0. The fourth-order valence-corrected chi connectivity index (χ4v) is 1.27. The number of rotatable bonds is 5. The van der Waals surface area contributed by atoms with Gasteiger partial charge in [-0.25, -0.2) is 4.39 Å². The van der Waals surface area contributed by atoms with E-state index >= 15 is 0 Å². The minimum absolute atomic E-state index is 0.0836. The molecular formula is C13H19FN2O. The van der Waals surface area contributed by atoms with Gasteiger partial charge in [-0.3, -0.25) is 4.79 Å². The number of anilines is 1. The maximum atomic E-state index is 13.2. The molecule has 94 valence electrons. The highest BCUT2D eigenvalue weighted by molar-refractivity contribution is 5.80. The zero-order chi connectivity index (χ0) is 12.8. The van der Waals surface area contributed by atoms with Crippen LogP contribution in [0.1, 0.15) is 19.4 Å². The molecule has 0 fully saturated rings. The molecule has 0 aliphatic rings. The van der Waals surface area contributed by atoms with Crippen LogP contribution < -0.4 is 10.6 Å². The monoisotopic (exact) mass is 238 g/mol. The van der Waals surface area contributed by atoms with Gasteiger partial charge in [-0.1, -0.05) is 19.9 Å². The number of halogens is 1. The SMILES string of the molecule is Cc1ccc(NCC(=O)NCC(C)C)cc1F. The van der Waals surface area contributed by atoms with E-state index in [2.05, 4.69) is 10.6 Å². The Balaban J connectivity index is 2.39. The number of aryl methyl sites for hydroxylation is 1. The van der Waals surface area contributed by atoms with Crippen molar-refractivity contribution >= 4 is 11.6 Å². The highest BCUT2D eigenvalue weighted by atomic mass is 19.1. The predicted octanol–water partition coefficient (Wildman–Crippen LogP) is 2.32. The Kier molecular flexibility index (Phi) is 4.94. The van der Waals surface area contributed by atoms with Crippen molar-refractivity contribution in [3.8, 4) is 0 Å². The van der Waals surface area contributed by atoms with Gasteiger partial charge in [-0.15, -0.1) is 0 Å². The smallest absolute Gasteiger partial charge is 0.239 e. The highest BCUT2D eigenvalue weighted by Gasteiger charge is 2.03. The van der Waals surface area contributed by atoms with Crippen LogP contribution in [0.3, 0.4) is 0 Å². The van der Waals surface area contributed by atoms with Gasteiger partial charge >= 0.3 is 0 Å². The van der Waals surface area contributed by atoms with Gasteiger partial charge in [-0.2, -0.15) is 0 Å². The lowest BCUT2D eigenvalue weighted by molar-refractivity contribution is -0.119. The summed E-state index contributed by atoms with van der Waals surface area (Å²) < 4.78 is 13.2. The average Bonchev–Trinajstić information content (AvgIpc) is 2.28. The van der Waals surface area contributed by atoms with Gasteiger partial charge in [0, 0.05) is 12.2 Å². The first-order valence-electron chi connectivity index (χ1n) is 5.75. The molecule has 1 amide bonds. The Morgan fingerprint density at radius 3 is 2.71 bits per heavy atom. The van der Waals surface area contributed by atoms with Crippen LogP contribution >= 0.6 is 0 Å². The molecular weight excluding hydrogens is 219 g/mol. The van der Waals surface area contributed by atoms with Gasteiger partial charge in [0.15, 0.2) is 0 Å². The second-order valence-electron chi connectivity index (χ2n) is 4.52. The predicted molar refractivity (Wildman–Crippen MR) is 67.5 cm³/mol. The third-order valence-electron chi connectivity index (χ3n) is 2.33. The number of carbonyl (C=O) groups excluding carboxylic acids is 1. The Bertz CT molecular complexity index is 391. The summed E-state index contributed by atoms with van der Waals surface area (Å²) in [7, 11) is 0. The zero-order valence-electron chi connectivity index (χ0n) is 10.5. The van der Waals surface area contributed by atoms with E-state index in [9.17, 15) is 9.18 Å². The molecule has 0 heterocycles. The minimum atomic E-state index is -0.266. The molecule has 1 aromatic carbocycles. The molecule has 0 atom stereocenters. The quantitative estimate of drug-likeness (QED) is 0.826. The van der Waals surface area contributed by atoms with Gasteiger partial charge in [0.25, 0.3) is 0 Å². The lowest BCUT2D eigenvalue weighted by atomic mass is 10.2. The molecule has 0 saturated heterocycles. The number of benzene rings is 1. The van der Waals surface area contributed by atoms with Crippen LogP contribution in [0, 0.1) is 18.7 Å². The lowest BCUT2D eigenvalue weighted by Gasteiger charge is -2.09. The van der Waals surface area contributed by atoms with E-state index in [0.717, 1.165) is 0 Å².